The third kappa shape index (κ3) is 1.82. The number of hydrogen-bond acceptors (Lipinski definition) is 5. The average molecular weight is 282 g/mol. The van der Waals surface area contributed by atoms with Crippen LogP contribution in [0.4, 0.5) is 0 Å². The summed E-state index contributed by atoms with van der Waals surface area (Å²) in [5.41, 5.74) is 1.41. The molecule has 104 valence electrons. The zero-order valence-electron chi connectivity index (χ0n) is 10.8. The van der Waals surface area contributed by atoms with Crippen molar-refractivity contribution in [3.8, 4) is 28.4 Å². The molecular weight excluding hydrogens is 272 g/mol. The van der Waals surface area contributed by atoms with Gasteiger partial charge in [0.25, 0.3) is 0 Å². The van der Waals surface area contributed by atoms with Gasteiger partial charge in [0.15, 0.2) is 11.5 Å². The van der Waals surface area contributed by atoms with Gasteiger partial charge in [-0.2, -0.15) is 0 Å². The quantitative estimate of drug-likeness (QED) is 0.743. The molecule has 0 fully saturated rings. The van der Waals surface area contributed by atoms with Gasteiger partial charge in [0.05, 0.1) is 10.9 Å². The third-order valence-electron chi connectivity index (χ3n) is 3.45. The predicted octanol–water partition coefficient (Wildman–Crippen LogP) is 2.89. The van der Waals surface area contributed by atoms with Crippen LogP contribution < -0.4 is 14.9 Å². The molecule has 1 aliphatic heterocycles. The summed E-state index contributed by atoms with van der Waals surface area (Å²) < 4.78 is 16.1. The van der Waals surface area contributed by atoms with Gasteiger partial charge in [0.2, 0.25) is 12.2 Å². The van der Waals surface area contributed by atoms with Crippen LogP contribution in [0.5, 0.6) is 17.2 Å². The summed E-state index contributed by atoms with van der Waals surface area (Å²) in [7, 11) is 0. The van der Waals surface area contributed by atoms with E-state index in [1.807, 2.05) is 0 Å². The van der Waals surface area contributed by atoms with Crippen molar-refractivity contribution in [2.24, 2.45) is 0 Å². The van der Waals surface area contributed by atoms with E-state index in [0.29, 0.717) is 33.6 Å². The minimum Gasteiger partial charge on any atom is -0.508 e. The van der Waals surface area contributed by atoms with Crippen molar-refractivity contribution < 1.29 is 19.0 Å². The molecule has 0 amide bonds. The monoisotopic (exact) mass is 282 g/mol. The van der Waals surface area contributed by atoms with Crippen LogP contribution in [-0.2, 0) is 0 Å². The SMILES string of the molecule is O=c1c(-c2ccc(O)cc2)coc2cc3c(cc12)OCO3. The Balaban J connectivity index is 1.96. The van der Waals surface area contributed by atoms with Crippen LogP contribution in [0.25, 0.3) is 22.1 Å². The molecule has 0 unspecified atom stereocenters. The first-order valence-corrected chi connectivity index (χ1v) is 6.37. The largest absolute Gasteiger partial charge is 0.508 e. The van der Waals surface area contributed by atoms with Crippen LogP contribution in [-0.4, -0.2) is 11.9 Å². The van der Waals surface area contributed by atoms with Gasteiger partial charge in [0, 0.05) is 6.07 Å². The van der Waals surface area contributed by atoms with E-state index in [-0.39, 0.29) is 18.0 Å². The number of phenols is 1. The van der Waals surface area contributed by atoms with Gasteiger partial charge in [-0.3, -0.25) is 4.79 Å². The Bertz CT molecular complexity index is 893. The zero-order chi connectivity index (χ0) is 14.4. The van der Waals surface area contributed by atoms with Gasteiger partial charge in [-0.25, -0.2) is 0 Å². The molecule has 1 aliphatic rings. The van der Waals surface area contributed by atoms with Crippen molar-refractivity contribution in [3.05, 3.63) is 52.9 Å². The highest BCUT2D eigenvalue weighted by molar-refractivity contribution is 5.84. The molecule has 21 heavy (non-hydrogen) atoms. The highest BCUT2D eigenvalue weighted by Gasteiger charge is 2.18. The molecule has 2 heterocycles. The first kappa shape index (κ1) is 11.8. The number of fused-ring (bicyclic) bond motifs is 2. The molecule has 0 saturated carbocycles. The zero-order valence-corrected chi connectivity index (χ0v) is 10.8. The molecule has 0 aliphatic carbocycles. The minimum absolute atomic E-state index is 0.144. The Morgan fingerprint density at radius 3 is 2.48 bits per heavy atom. The van der Waals surface area contributed by atoms with E-state index in [9.17, 15) is 9.90 Å². The lowest BCUT2D eigenvalue weighted by atomic mass is 10.1. The fraction of sp³-hybridized carbons (Fsp3) is 0.0625. The first-order valence-electron chi connectivity index (χ1n) is 6.37. The maximum Gasteiger partial charge on any atom is 0.231 e. The Kier molecular flexibility index (Phi) is 2.41. The van der Waals surface area contributed by atoms with E-state index in [0.717, 1.165) is 0 Å². The van der Waals surface area contributed by atoms with Crippen molar-refractivity contribution in [2.45, 2.75) is 0 Å². The molecule has 3 aromatic rings. The van der Waals surface area contributed by atoms with Gasteiger partial charge >= 0.3 is 0 Å². The highest BCUT2D eigenvalue weighted by Crippen LogP contribution is 2.35. The van der Waals surface area contributed by atoms with E-state index in [2.05, 4.69) is 0 Å². The topological polar surface area (TPSA) is 68.9 Å². The second-order valence-electron chi connectivity index (χ2n) is 4.73. The summed E-state index contributed by atoms with van der Waals surface area (Å²) in [6.45, 7) is 0.144. The molecule has 4 rings (SSSR count). The maximum atomic E-state index is 12.6. The fourth-order valence-electron chi connectivity index (χ4n) is 2.36. The van der Waals surface area contributed by atoms with Gasteiger partial charge in [0.1, 0.15) is 17.6 Å². The normalized spacial score (nSPS) is 12.8. The van der Waals surface area contributed by atoms with E-state index in [4.69, 9.17) is 13.9 Å². The van der Waals surface area contributed by atoms with Crippen molar-refractivity contribution in [1.82, 2.24) is 0 Å². The molecule has 0 bridgehead atoms. The molecule has 5 nitrogen and oxygen atoms in total. The lowest BCUT2D eigenvalue weighted by Gasteiger charge is -2.04. The number of hydrogen-bond donors (Lipinski definition) is 1. The van der Waals surface area contributed by atoms with Gasteiger partial charge < -0.3 is 19.0 Å². The van der Waals surface area contributed by atoms with Crippen LogP contribution in [0.2, 0.25) is 0 Å². The molecule has 0 saturated heterocycles. The summed E-state index contributed by atoms with van der Waals surface area (Å²) >= 11 is 0. The summed E-state index contributed by atoms with van der Waals surface area (Å²) in [6.07, 6.45) is 1.42. The molecule has 1 aromatic heterocycles. The lowest BCUT2D eigenvalue weighted by Crippen LogP contribution is -2.04. The average Bonchev–Trinajstić information content (AvgIpc) is 2.94. The van der Waals surface area contributed by atoms with Gasteiger partial charge in [-0.15, -0.1) is 0 Å². The van der Waals surface area contributed by atoms with Crippen molar-refractivity contribution >= 4 is 11.0 Å². The lowest BCUT2D eigenvalue weighted by molar-refractivity contribution is 0.174. The molecule has 1 N–H and O–H groups in total. The van der Waals surface area contributed by atoms with Crippen LogP contribution in [0.15, 0.2) is 51.9 Å². The van der Waals surface area contributed by atoms with Crippen molar-refractivity contribution in [2.75, 3.05) is 6.79 Å². The smallest absolute Gasteiger partial charge is 0.231 e. The van der Waals surface area contributed by atoms with Gasteiger partial charge in [-0.05, 0) is 23.8 Å². The second-order valence-corrected chi connectivity index (χ2v) is 4.73. The number of aromatic hydroxyl groups is 1. The first-order chi connectivity index (χ1) is 10.2. The molecule has 0 atom stereocenters. The molecule has 5 heteroatoms. The van der Waals surface area contributed by atoms with Crippen LogP contribution in [0.3, 0.4) is 0 Å². The number of ether oxygens (including phenoxy) is 2. The third-order valence-corrected chi connectivity index (χ3v) is 3.45. The molecule has 2 aromatic carbocycles. The standard InChI is InChI=1S/C16H10O5/c17-10-3-1-9(2-4-10)12-7-19-13-6-15-14(20-8-21-15)5-11(13)16(12)18/h1-7,17H,8H2. The highest BCUT2D eigenvalue weighted by atomic mass is 16.7. The Labute approximate surface area is 119 Å². The van der Waals surface area contributed by atoms with E-state index >= 15 is 0 Å². The Hall–Kier alpha value is -2.95. The molecule has 0 radical (unpaired) electrons. The second kappa shape index (κ2) is 4.28. The number of rotatable bonds is 1. The van der Waals surface area contributed by atoms with E-state index < -0.39 is 0 Å². The van der Waals surface area contributed by atoms with E-state index in [1.54, 1.807) is 24.3 Å². The minimum atomic E-state index is -0.153. The Morgan fingerprint density at radius 2 is 1.71 bits per heavy atom. The Morgan fingerprint density at radius 1 is 1.00 bits per heavy atom. The summed E-state index contributed by atoms with van der Waals surface area (Å²) in [5.74, 6) is 1.26. The van der Waals surface area contributed by atoms with Crippen LogP contribution in [0.1, 0.15) is 0 Å². The summed E-state index contributed by atoms with van der Waals surface area (Å²) in [6, 6.07) is 9.67. The van der Waals surface area contributed by atoms with E-state index in [1.165, 1.54) is 18.4 Å². The fourth-order valence-corrected chi connectivity index (χ4v) is 2.36. The molecule has 0 spiro atoms. The van der Waals surface area contributed by atoms with Crippen LogP contribution in [0, 0.1) is 0 Å². The molecular formula is C16H10O5. The van der Waals surface area contributed by atoms with Crippen molar-refractivity contribution in [3.63, 3.8) is 0 Å². The van der Waals surface area contributed by atoms with Crippen molar-refractivity contribution in [1.29, 1.82) is 0 Å². The summed E-state index contributed by atoms with van der Waals surface area (Å²) in [4.78, 5) is 12.6. The van der Waals surface area contributed by atoms with Gasteiger partial charge in [-0.1, -0.05) is 12.1 Å². The number of phenolic OH excluding ortho intramolecular Hbond substituents is 1. The van der Waals surface area contributed by atoms with Crippen LogP contribution >= 0.6 is 0 Å². The maximum absolute atomic E-state index is 12.6. The summed E-state index contributed by atoms with van der Waals surface area (Å²) in [5, 5.41) is 9.75. The predicted molar refractivity (Wildman–Crippen MR) is 75.7 cm³/mol. The number of benzene rings is 2.